The van der Waals surface area contributed by atoms with E-state index in [-0.39, 0.29) is 6.10 Å². The molecule has 0 heterocycles. The molecule has 0 saturated carbocycles. The lowest BCUT2D eigenvalue weighted by Crippen LogP contribution is -2.16. The molecule has 2 N–H and O–H groups in total. The molecule has 106 valence electrons. The summed E-state index contributed by atoms with van der Waals surface area (Å²) in [4.78, 5) is 0.315. The van der Waals surface area contributed by atoms with Crippen molar-refractivity contribution in [3.8, 4) is 5.75 Å². The van der Waals surface area contributed by atoms with Crippen LogP contribution >= 0.6 is 23.8 Å². The Labute approximate surface area is 126 Å². The molecule has 1 aromatic carbocycles. The third-order valence-electron chi connectivity index (χ3n) is 3.00. The molecule has 19 heavy (non-hydrogen) atoms. The SMILES string of the molecule is CCCCCCC(C)Oc1ccc(Cl)cc1C(N)=S. The predicted molar refractivity (Wildman–Crippen MR) is 86.2 cm³/mol. The van der Waals surface area contributed by atoms with Gasteiger partial charge in [0.1, 0.15) is 10.7 Å². The van der Waals surface area contributed by atoms with Gasteiger partial charge in [-0.15, -0.1) is 0 Å². The molecule has 0 amide bonds. The van der Waals surface area contributed by atoms with Gasteiger partial charge in [0, 0.05) is 5.02 Å². The highest BCUT2D eigenvalue weighted by Crippen LogP contribution is 2.24. The van der Waals surface area contributed by atoms with Crippen LogP contribution in [0.15, 0.2) is 18.2 Å². The van der Waals surface area contributed by atoms with E-state index in [2.05, 4.69) is 13.8 Å². The van der Waals surface area contributed by atoms with E-state index < -0.39 is 0 Å². The fourth-order valence-corrected chi connectivity index (χ4v) is 2.26. The normalized spacial score (nSPS) is 12.2. The van der Waals surface area contributed by atoms with Crippen molar-refractivity contribution in [2.45, 2.75) is 52.1 Å². The average molecular weight is 300 g/mol. The van der Waals surface area contributed by atoms with Gasteiger partial charge in [-0.05, 0) is 38.0 Å². The fraction of sp³-hybridized carbons (Fsp3) is 0.533. The number of nitrogens with two attached hydrogens (primary N) is 1. The first kappa shape index (κ1) is 16.3. The van der Waals surface area contributed by atoms with E-state index >= 15 is 0 Å². The Morgan fingerprint density at radius 2 is 2.11 bits per heavy atom. The molecule has 0 saturated heterocycles. The molecule has 1 aromatic rings. The number of hydrogen-bond donors (Lipinski definition) is 1. The first-order valence-electron chi connectivity index (χ1n) is 6.80. The van der Waals surface area contributed by atoms with Gasteiger partial charge in [0.2, 0.25) is 0 Å². The van der Waals surface area contributed by atoms with Gasteiger partial charge in [0.25, 0.3) is 0 Å². The fourth-order valence-electron chi connectivity index (χ4n) is 1.93. The summed E-state index contributed by atoms with van der Waals surface area (Å²) in [7, 11) is 0. The topological polar surface area (TPSA) is 35.2 Å². The second-order valence-corrected chi connectivity index (χ2v) is 5.66. The van der Waals surface area contributed by atoms with Crippen LogP contribution in [0.1, 0.15) is 51.5 Å². The first-order valence-corrected chi connectivity index (χ1v) is 7.59. The summed E-state index contributed by atoms with van der Waals surface area (Å²) in [6.45, 7) is 4.28. The summed E-state index contributed by atoms with van der Waals surface area (Å²) in [5.41, 5.74) is 6.40. The Hall–Kier alpha value is -0.800. The number of unbranched alkanes of at least 4 members (excludes halogenated alkanes) is 3. The summed E-state index contributed by atoms with van der Waals surface area (Å²) in [5, 5.41) is 0.616. The van der Waals surface area contributed by atoms with E-state index in [9.17, 15) is 0 Å². The van der Waals surface area contributed by atoms with Crippen LogP contribution in [0.3, 0.4) is 0 Å². The van der Waals surface area contributed by atoms with Crippen LogP contribution < -0.4 is 10.5 Å². The van der Waals surface area contributed by atoms with Gasteiger partial charge in [-0.25, -0.2) is 0 Å². The molecule has 0 radical (unpaired) electrons. The minimum atomic E-state index is 0.158. The zero-order valence-electron chi connectivity index (χ0n) is 11.6. The number of benzene rings is 1. The smallest absolute Gasteiger partial charge is 0.129 e. The molecule has 0 bridgehead atoms. The maximum Gasteiger partial charge on any atom is 0.129 e. The monoisotopic (exact) mass is 299 g/mol. The van der Waals surface area contributed by atoms with Gasteiger partial charge in [0.15, 0.2) is 0 Å². The van der Waals surface area contributed by atoms with E-state index in [0.717, 1.165) is 12.2 Å². The van der Waals surface area contributed by atoms with E-state index in [0.29, 0.717) is 15.6 Å². The lowest BCUT2D eigenvalue weighted by molar-refractivity contribution is 0.206. The minimum absolute atomic E-state index is 0.158. The highest BCUT2D eigenvalue weighted by molar-refractivity contribution is 7.80. The number of halogens is 1. The van der Waals surface area contributed by atoms with Gasteiger partial charge >= 0.3 is 0 Å². The number of ether oxygens (including phenoxy) is 1. The van der Waals surface area contributed by atoms with Crippen molar-refractivity contribution in [3.63, 3.8) is 0 Å². The molecular weight excluding hydrogens is 278 g/mol. The number of hydrogen-bond acceptors (Lipinski definition) is 2. The van der Waals surface area contributed by atoms with Crippen LogP contribution in [-0.4, -0.2) is 11.1 Å². The van der Waals surface area contributed by atoms with Gasteiger partial charge in [-0.3, -0.25) is 0 Å². The van der Waals surface area contributed by atoms with Crippen LogP contribution in [0, 0.1) is 0 Å². The van der Waals surface area contributed by atoms with Gasteiger partial charge in [-0.1, -0.05) is 50.0 Å². The van der Waals surface area contributed by atoms with E-state index in [1.165, 1.54) is 25.7 Å². The largest absolute Gasteiger partial charge is 0.490 e. The molecule has 4 heteroatoms. The highest BCUT2D eigenvalue weighted by Gasteiger charge is 2.11. The van der Waals surface area contributed by atoms with Crippen molar-refractivity contribution in [2.75, 3.05) is 0 Å². The lowest BCUT2D eigenvalue weighted by Gasteiger charge is -2.17. The summed E-state index contributed by atoms with van der Waals surface area (Å²) in [6, 6.07) is 5.38. The van der Waals surface area contributed by atoms with Crippen molar-refractivity contribution in [2.24, 2.45) is 5.73 Å². The zero-order chi connectivity index (χ0) is 14.3. The number of rotatable bonds is 8. The van der Waals surface area contributed by atoms with Gasteiger partial charge < -0.3 is 10.5 Å². The van der Waals surface area contributed by atoms with Crippen molar-refractivity contribution in [3.05, 3.63) is 28.8 Å². The van der Waals surface area contributed by atoms with E-state index in [1.807, 2.05) is 6.07 Å². The van der Waals surface area contributed by atoms with E-state index in [4.69, 9.17) is 34.3 Å². The number of thiocarbonyl (C=S) groups is 1. The molecule has 0 aliphatic heterocycles. The summed E-state index contributed by atoms with van der Waals surface area (Å²) >= 11 is 11.0. The van der Waals surface area contributed by atoms with Crippen LogP contribution in [0.4, 0.5) is 0 Å². The molecule has 2 nitrogen and oxygen atoms in total. The molecule has 0 aliphatic rings. The van der Waals surface area contributed by atoms with Crippen LogP contribution in [-0.2, 0) is 0 Å². The van der Waals surface area contributed by atoms with Crippen LogP contribution in [0.25, 0.3) is 0 Å². The third kappa shape index (κ3) is 5.79. The molecule has 0 spiro atoms. The Morgan fingerprint density at radius 1 is 1.37 bits per heavy atom. The standard InChI is InChI=1S/C15H22ClNOS/c1-3-4-5-6-7-11(2)18-14-9-8-12(16)10-13(14)15(17)19/h8-11H,3-7H2,1-2H3,(H2,17,19). The maximum absolute atomic E-state index is 5.95. The van der Waals surface area contributed by atoms with Crippen molar-refractivity contribution in [1.29, 1.82) is 0 Å². The minimum Gasteiger partial charge on any atom is -0.490 e. The third-order valence-corrected chi connectivity index (χ3v) is 3.45. The van der Waals surface area contributed by atoms with Crippen molar-refractivity contribution < 1.29 is 4.74 Å². The van der Waals surface area contributed by atoms with Crippen LogP contribution in [0.2, 0.25) is 5.02 Å². The van der Waals surface area contributed by atoms with Crippen molar-refractivity contribution >= 4 is 28.8 Å². The second-order valence-electron chi connectivity index (χ2n) is 4.78. The Balaban J connectivity index is 2.58. The molecule has 1 rings (SSSR count). The first-order chi connectivity index (χ1) is 9.04. The molecule has 0 fully saturated rings. The zero-order valence-corrected chi connectivity index (χ0v) is 13.2. The summed E-state index contributed by atoms with van der Waals surface area (Å²) in [6.07, 6.45) is 6.17. The Kier molecular flexibility index (Phi) is 7.17. The van der Waals surface area contributed by atoms with E-state index in [1.54, 1.807) is 12.1 Å². The molecule has 1 unspecified atom stereocenters. The summed E-state index contributed by atoms with van der Waals surface area (Å²) in [5.74, 6) is 0.722. The second kappa shape index (κ2) is 8.39. The van der Waals surface area contributed by atoms with Crippen LogP contribution in [0.5, 0.6) is 5.75 Å². The quantitative estimate of drug-likeness (QED) is 0.557. The molecule has 1 atom stereocenters. The molecule has 0 aliphatic carbocycles. The summed E-state index contributed by atoms with van der Waals surface area (Å²) < 4.78 is 5.92. The van der Waals surface area contributed by atoms with Crippen molar-refractivity contribution in [1.82, 2.24) is 0 Å². The van der Waals surface area contributed by atoms with Gasteiger partial charge in [-0.2, -0.15) is 0 Å². The lowest BCUT2D eigenvalue weighted by atomic mass is 10.1. The predicted octanol–water partition coefficient (Wildman–Crippen LogP) is 4.71. The van der Waals surface area contributed by atoms with Gasteiger partial charge in [0.05, 0.1) is 11.7 Å². The molecular formula is C15H22ClNOS. The Morgan fingerprint density at radius 3 is 2.74 bits per heavy atom. The Bertz CT molecular complexity index is 423. The average Bonchev–Trinajstić information content (AvgIpc) is 2.36. The molecule has 0 aromatic heterocycles. The maximum atomic E-state index is 5.95. The highest BCUT2D eigenvalue weighted by atomic mass is 35.5.